The van der Waals surface area contributed by atoms with E-state index in [4.69, 9.17) is 0 Å². The smallest absolute Gasteiger partial charge is 0.0692 e. The number of hydrogen-bond acceptors (Lipinski definition) is 4. The Labute approximate surface area is 88.4 Å². The van der Waals surface area contributed by atoms with Crippen molar-refractivity contribution in [2.75, 3.05) is 24.6 Å². The van der Waals surface area contributed by atoms with Gasteiger partial charge in [-0.25, -0.2) is 0 Å². The molecule has 1 N–H and O–H groups in total. The highest BCUT2D eigenvalue weighted by Crippen LogP contribution is 2.22. The van der Waals surface area contributed by atoms with E-state index in [1.807, 2.05) is 10.9 Å². The highest BCUT2D eigenvalue weighted by atomic mass is 32.2. The van der Waals surface area contributed by atoms with Crippen LogP contribution in [0.15, 0.2) is 12.4 Å². The minimum atomic E-state index is 0.885. The Morgan fingerprint density at radius 3 is 3.29 bits per heavy atom. The van der Waals surface area contributed by atoms with Crippen LogP contribution in [0, 0.1) is 5.92 Å². The van der Waals surface area contributed by atoms with E-state index in [0.29, 0.717) is 0 Å². The summed E-state index contributed by atoms with van der Waals surface area (Å²) < 4.78 is 1.86. The molecule has 1 atom stereocenters. The first kappa shape index (κ1) is 9.98. The Kier molecular flexibility index (Phi) is 3.82. The van der Waals surface area contributed by atoms with Gasteiger partial charge in [-0.2, -0.15) is 11.8 Å². The van der Waals surface area contributed by atoms with Crippen molar-refractivity contribution in [1.29, 1.82) is 0 Å². The Morgan fingerprint density at radius 1 is 1.57 bits per heavy atom. The molecule has 0 saturated carbocycles. The lowest BCUT2D eigenvalue weighted by atomic mass is 10.1. The van der Waals surface area contributed by atoms with E-state index < -0.39 is 0 Å². The SMILES string of the molecule is c1cn(CCNCC2CCSC2)nn1. The van der Waals surface area contributed by atoms with Crippen LogP contribution in [0.1, 0.15) is 6.42 Å². The van der Waals surface area contributed by atoms with Crippen molar-refractivity contribution < 1.29 is 0 Å². The van der Waals surface area contributed by atoms with Crippen LogP contribution in [0.4, 0.5) is 0 Å². The van der Waals surface area contributed by atoms with Gasteiger partial charge < -0.3 is 5.32 Å². The van der Waals surface area contributed by atoms with Crippen LogP contribution in [-0.4, -0.2) is 39.6 Å². The van der Waals surface area contributed by atoms with Crippen molar-refractivity contribution in [2.45, 2.75) is 13.0 Å². The zero-order valence-corrected chi connectivity index (χ0v) is 9.04. The van der Waals surface area contributed by atoms with E-state index in [0.717, 1.165) is 25.6 Å². The van der Waals surface area contributed by atoms with Crippen molar-refractivity contribution in [3.05, 3.63) is 12.4 Å². The summed E-state index contributed by atoms with van der Waals surface area (Å²) in [5.74, 6) is 3.56. The molecule has 0 aromatic carbocycles. The van der Waals surface area contributed by atoms with Gasteiger partial charge in [0.25, 0.3) is 0 Å². The molecule has 1 unspecified atom stereocenters. The van der Waals surface area contributed by atoms with Crippen LogP contribution >= 0.6 is 11.8 Å². The molecule has 0 radical (unpaired) electrons. The average molecular weight is 212 g/mol. The molecule has 2 rings (SSSR count). The summed E-state index contributed by atoms with van der Waals surface area (Å²) in [4.78, 5) is 0. The number of thioether (sulfide) groups is 1. The summed E-state index contributed by atoms with van der Waals surface area (Å²) in [6.07, 6.45) is 4.99. The first-order chi connectivity index (χ1) is 6.95. The van der Waals surface area contributed by atoms with Crippen LogP contribution in [0.25, 0.3) is 0 Å². The monoisotopic (exact) mass is 212 g/mol. The van der Waals surface area contributed by atoms with Gasteiger partial charge in [-0.15, -0.1) is 5.10 Å². The second kappa shape index (κ2) is 5.36. The van der Waals surface area contributed by atoms with E-state index in [-0.39, 0.29) is 0 Å². The van der Waals surface area contributed by atoms with Gasteiger partial charge in [0, 0.05) is 12.7 Å². The third-order valence-corrected chi connectivity index (χ3v) is 3.68. The van der Waals surface area contributed by atoms with E-state index in [9.17, 15) is 0 Å². The predicted molar refractivity (Wildman–Crippen MR) is 58.3 cm³/mol. The standard InChI is InChI=1S/C9H16N4S/c1-6-14-8-9(1)7-10-2-4-13-5-3-11-12-13/h3,5,9-10H,1-2,4,6-8H2. The summed E-state index contributed by atoms with van der Waals surface area (Å²) in [6, 6.07) is 0. The van der Waals surface area contributed by atoms with Crippen molar-refractivity contribution in [1.82, 2.24) is 20.3 Å². The molecule has 0 aliphatic carbocycles. The van der Waals surface area contributed by atoms with E-state index >= 15 is 0 Å². The van der Waals surface area contributed by atoms with Crippen LogP contribution in [0.3, 0.4) is 0 Å². The summed E-state index contributed by atoms with van der Waals surface area (Å²) in [5.41, 5.74) is 0. The highest BCUT2D eigenvalue weighted by molar-refractivity contribution is 7.99. The Morgan fingerprint density at radius 2 is 2.57 bits per heavy atom. The second-order valence-corrected chi connectivity index (χ2v) is 4.75. The van der Waals surface area contributed by atoms with Gasteiger partial charge in [0.1, 0.15) is 0 Å². The molecular weight excluding hydrogens is 196 g/mol. The van der Waals surface area contributed by atoms with E-state index in [1.54, 1.807) is 6.20 Å². The first-order valence-corrected chi connectivity index (χ1v) is 6.23. The van der Waals surface area contributed by atoms with Crippen LogP contribution in [-0.2, 0) is 6.54 Å². The Hall–Kier alpha value is -0.550. The molecule has 78 valence electrons. The Balaban J connectivity index is 1.55. The molecule has 5 heteroatoms. The quantitative estimate of drug-likeness (QED) is 0.727. The Bertz CT molecular complexity index is 243. The molecule has 1 aliphatic heterocycles. The maximum atomic E-state index is 3.91. The van der Waals surface area contributed by atoms with Gasteiger partial charge in [-0.1, -0.05) is 5.21 Å². The number of aromatic nitrogens is 3. The van der Waals surface area contributed by atoms with E-state index in [1.165, 1.54) is 17.9 Å². The van der Waals surface area contributed by atoms with E-state index in [2.05, 4.69) is 27.4 Å². The molecule has 0 amide bonds. The van der Waals surface area contributed by atoms with Crippen LogP contribution in [0.5, 0.6) is 0 Å². The van der Waals surface area contributed by atoms with Gasteiger partial charge in [-0.05, 0) is 30.4 Å². The lowest BCUT2D eigenvalue weighted by molar-refractivity contribution is 0.485. The van der Waals surface area contributed by atoms with Gasteiger partial charge in [0.2, 0.25) is 0 Å². The zero-order chi connectivity index (χ0) is 9.64. The molecule has 2 heterocycles. The minimum absolute atomic E-state index is 0.885. The molecular formula is C9H16N4S. The van der Waals surface area contributed by atoms with Crippen molar-refractivity contribution >= 4 is 11.8 Å². The van der Waals surface area contributed by atoms with Gasteiger partial charge >= 0.3 is 0 Å². The predicted octanol–water partition coefficient (Wildman–Crippen LogP) is 0.621. The zero-order valence-electron chi connectivity index (χ0n) is 8.22. The fraction of sp³-hybridized carbons (Fsp3) is 0.778. The summed E-state index contributed by atoms with van der Waals surface area (Å²) in [7, 11) is 0. The molecule has 1 aliphatic rings. The maximum Gasteiger partial charge on any atom is 0.0692 e. The second-order valence-electron chi connectivity index (χ2n) is 3.60. The van der Waals surface area contributed by atoms with Crippen molar-refractivity contribution in [3.8, 4) is 0 Å². The number of nitrogens with zero attached hydrogens (tertiary/aromatic N) is 3. The number of hydrogen-bond donors (Lipinski definition) is 1. The topological polar surface area (TPSA) is 42.7 Å². The first-order valence-electron chi connectivity index (χ1n) is 5.08. The molecule has 0 bridgehead atoms. The molecule has 1 aromatic heterocycles. The molecule has 1 fully saturated rings. The molecule has 1 saturated heterocycles. The van der Waals surface area contributed by atoms with Crippen molar-refractivity contribution in [2.24, 2.45) is 5.92 Å². The van der Waals surface area contributed by atoms with Crippen molar-refractivity contribution in [3.63, 3.8) is 0 Å². The van der Waals surface area contributed by atoms with Crippen LogP contribution in [0.2, 0.25) is 0 Å². The highest BCUT2D eigenvalue weighted by Gasteiger charge is 2.14. The minimum Gasteiger partial charge on any atom is -0.315 e. The van der Waals surface area contributed by atoms with Gasteiger partial charge in [0.05, 0.1) is 12.7 Å². The maximum absolute atomic E-state index is 3.91. The number of rotatable bonds is 5. The fourth-order valence-corrected chi connectivity index (χ4v) is 2.88. The largest absolute Gasteiger partial charge is 0.315 e. The lowest BCUT2D eigenvalue weighted by Crippen LogP contribution is -2.26. The molecule has 1 aromatic rings. The lowest BCUT2D eigenvalue weighted by Gasteiger charge is -2.09. The van der Waals surface area contributed by atoms with Gasteiger partial charge in [-0.3, -0.25) is 4.68 Å². The summed E-state index contributed by atoms with van der Waals surface area (Å²) in [6.45, 7) is 3.06. The normalized spacial score (nSPS) is 21.6. The summed E-state index contributed by atoms with van der Waals surface area (Å²) >= 11 is 2.07. The molecule has 0 spiro atoms. The molecule has 14 heavy (non-hydrogen) atoms. The third-order valence-electron chi connectivity index (χ3n) is 2.45. The molecule has 4 nitrogen and oxygen atoms in total. The fourth-order valence-electron chi connectivity index (χ4n) is 1.60. The van der Waals surface area contributed by atoms with Crippen LogP contribution < -0.4 is 5.32 Å². The van der Waals surface area contributed by atoms with Gasteiger partial charge in [0.15, 0.2) is 0 Å². The third kappa shape index (κ3) is 2.99. The average Bonchev–Trinajstić information content (AvgIpc) is 2.86. The summed E-state index contributed by atoms with van der Waals surface area (Å²) in [5, 5.41) is 11.1. The number of nitrogens with one attached hydrogen (secondary N) is 1.